The zero-order chi connectivity index (χ0) is 18.5. The van der Waals surface area contributed by atoms with Crippen LogP contribution in [0.3, 0.4) is 0 Å². The first-order valence-corrected chi connectivity index (χ1v) is 9.57. The molecule has 2 amide bonds. The summed E-state index contributed by atoms with van der Waals surface area (Å²) in [4.78, 5) is 22.9. The topological polar surface area (TPSA) is 79.4 Å². The number of urea groups is 1. The second-order valence-corrected chi connectivity index (χ2v) is 6.81. The summed E-state index contributed by atoms with van der Waals surface area (Å²) < 4.78 is 5.27. The summed E-state index contributed by atoms with van der Waals surface area (Å²) in [5, 5.41) is 10.2. The minimum atomic E-state index is -0.115. The zero-order valence-electron chi connectivity index (χ0n) is 14.6. The summed E-state index contributed by atoms with van der Waals surface area (Å²) in [6, 6.07) is 9.42. The molecule has 1 fully saturated rings. The lowest BCUT2D eigenvalue weighted by atomic mass is 10.2. The van der Waals surface area contributed by atoms with Crippen molar-refractivity contribution in [1.29, 1.82) is 0 Å². The van der Waals surface area contributed by atoms with Crippen LogP contribution in [-0.4, -0.2) is 47.2 Å². The van der Waals surface area contributed by atoms with E-state index in [0.29, 0.717) is 32.1 Å². The molecule has 1 aliphatic heterocycles. The van der Waals surface area contributed by atoms with Crippen LogP contribution in [0.4, 0.5) is 22.0 Å². The summed E-state index contributed by atoms with van der Waals surface area (Å²) in [6.07, 6.45) is 3.44. The number of nitrogens with one attached hydrogen (secondary N) is 2. The highest BCUT2D eigenvalue weighted by Gasteiger charge is 2.16. The first-order chi connectivity index (χ1) is 13.3. The molecule has 7 nitrogen and oxygen atoms in total. The Labute approximate surface area is 161 Å². The van der Waals surface area contributed by atoms with Gasteiger partial charge in [0.2, 0.25) is 0 Å². The van der Waals surface area contributed by atoms with E-state index < -0.39 is 0 Å². The van der Waals surface area contributed by atoms with Crippen LogP contribution in [0, 0.1) is 0 Å². The van der Waals surface area contributed by atoms with E-state index in [0.717, 1.165) is 22.6 Å². The van der Waals surface area contributed by atoms with Gasteiger partial charge in [0, 0.05) is 35.4 Å². The molecule has 0 aliphatic carbocycles. The van der Waals surface area contributed by atoms with Crippen LogP contribution in [0.15, 0.2) is 53.5 Å². The van der Waals surface area contributed by atoms with Crippen LogP contribution in [0.1, 0.15) is 0 Å². The van der Waals surface area contributed by atoms with Crippen molar-refractivity contribution in [2.75, 3.05) is 36.9 Å². The van der Waals surface area contributed by atoms with Gasteiger partial charge in [0.25, 0.3) is 0 Å². The van der Waals surface area contributed by atoms with Gasteiger partial charge in [-0.3, -0.25) is 4.98 Å². The standard InChI is InChI=1S/C19H19N5O2S/c25-19(24-5-7-26-8-6-24)23-16-3-1-2-15(10-16)22-18-12-20-17(11-21-18)14-4-9-27-13-14/h1-4,9-13H,5-8H2,(H,21,22)(H,23,25). The third-order valence-electron chi connectivity index (χ3n) is 4.15. The highest BCUT2D eigenvalue weighted by molar-refractivity contribution is 7.08. The van der Waals surface area contributed by atoms with Crippen molar-refractivity contribution in [1.82, 2.24) is 14.9 Å². The molecule has 0 saturated carbocycles. The van der Waals surface area contributed by atoms with Gasteiger partial charge in [0.15, 0.2) is 0 Å². The van der Waals surface area contributed by atoms with Crippen molar-refractivity contribution in [2.24, 2.45) is 0 Å². The van der Waals surface area contributed by atoms with E-state index in [1.54, 1.807) is 28.6 Å². The Balaban J connectivity index is 1.41. The van der Waals surface area contributed by atoms with Crippen LogP contribution < -0.4 is 10.6 Å². The number of morpholine rings is 1. The summed E-state index contributed by atoms with van der Waals surface area (Å²) in [5.74, 6) is 0.644. The zero-order valence-corrected chi connectivity index (χ0v) is 15.4. The predicted octanol–water partition coefficient (Wildman–Crippen LogP) is 3.81. The fourth-order valence-electron chi connectivity index (χ4n) is 2.74. The number of aromatic nitrogens is 2. The van der Waals surface area contributed by atoms with Crippen LogP contribution >= 0.6 is 11.3 Å². The number of hydrogen-bond donors (Lipinski definition) is 2. The second-order valence-electron chi connectivity index (χ2n) is 6.03. The Morgan fingerprint density at radius 1 is 1.11 bits per heavy atom. The maximum Gasteiger partial charge on any atom is 0.322 e. The Hall–Kier alpha value is -2.97. The summed E-state index contributed by atoms with van der Waals surface area (Å²) in [6.45, 7) is 2.37. The number of hydrogen-bond acceptors (Lipinski definition) is 6. The number of rotatable bonds is 4. The maximum absolute atomic E-state index is 12.3. The van der Waals surface area contributed by atoms with Crippen molar-refractivity contribution in [2.45, 2.75) is 0 Å². The van der Waals surface area contributed by atoms with Gasteiger partial charge in [-0.15, -0.1) is 0 Å². The molecule has 1 aromatic carbocycles. The number of nitrogens with zero attached hydrogens (tertiary/aromatic N) is 3. The monoisotopic (exact) mass is 381 g/mol. The van der Waals surface area contributed by atoms with Gasteiger partial charge >= 0.3 is 6.03 Å². The quantitative estimate of drug-likeness (QED) is 0.718. The van der Waals surface area contributed by atoms with Crippen LogP contribution in [-0.2, 0) is 4.74 Å². The number of ether oxygens (including phenoxy) is 1. The van der Waals surface area contributed by atoms with Crippen LogP contribution in [0.2, 0.25) is 0 Å². The number of carbonyl (C=O) groups is 1. The van der Waals surface area contributed by atoms with Crippen molar-refractivity contribution < 1.29 is 9.53 Å². The Morgan fingerprint density at radius 3 is 2.70 bits per heavy atom. The highest BCUT2D eigenvalue weighted by Crippen LogP contribution is 2.22. The molecule has 0 spiro atoms. The van der Waals surface area contributed by atoms with Crippen LogP contribution in [0.25, 0.3) is 11.3 Å². The lowest BCUT2D eigenvalue weighted by molar-refractivity contribution is 0.0564. The van der Waals surface area contributed by atoms with E-state index in [4.69, 9.17) is 4.74 Å². The van der Waals surface area contributed by atoms with Gasteiger partial charge in [0.05, 0.1) is 31.3 Å². The largest absolute Gasteiger partial charge is 0.378 e. The lowest BCUT2D eigenvalue weighted by Crippen LogP contribution is -2.43. The molecule has 1 aliphatic rings. The fourth-order valence-corrected chi connectivity index (χ4v) is 3.39. The SMILES string of the molecule is O=C(Nc1cccc(Nc2cnc(-c3ccsc3)cn2)c1)N1CCOCC1. The average molecular weight is 381 g/mol. The number of amides is 2. The van der Waals surface area contributed by atoms with E-state index in [9.17, 15) is 4.79 Å². The van der Waals surface area contributed by atoms with Crippen molar-refractivity contribution in [3.63, 3.8) is 0 Å². The first-order valence-electron chi connectivity index (χ1n) is 8.63. The minimum Gasteiger partial charge on any atom is -0.378 e. The number of carbonyl (C=O) groups excluding carboxylic acids is 1. The Bertz CT molecular complexity index is 893. The number of anilines is 3. The molecule has 4 rings (SSSR count). The molecule has 0 atom stereocenters. The van der Waals surface area contributed by atoms with E-state index >= 15 is 0 Å². The van der Waals surface area contributed by atoms with Gasteiger partial charge in [-0.25, -0.2) is 9.78 Å². The van der Waals surface area contributed by atoms with Gasteiger partial charge < -0.3 is 20.3 Å². The third kappa shape index (κ3) is 4.42. The minimum absolute atomic E-state index is 0.115. The summed E-state index contributed by atoms with van der Waals surface area (Å²) in [5.41, 5.74) is 3.45. The first kappa shape index (κ1) is 17.4. The van der Waals surface area contributed by atoms with Crippen molar-refractivity contribution >= 4 is 34.6 Å². The molecule has 8 heteroatoms. The van der Waals surface area contributed by atoms with Crippen molar-refractivity contribution in [3.05, 3.63) is 53.5 Å². The molecule has 138 valence electrons. The summed E-state index contributed by atoms with van der Waals surface area (Å²) >= 11 is 1.63. The number of thiophene rings is 1. The predicted molar refractivity (Wildman–Crippen MR) is 106 cm³/mol. The third-order valence-corrected chi connectivity index (χ3v) is 4.84. The molecule has 2 N–H and O–H groups in total. The van der Waals surface area contributed by atoms with E-state index in [1.807, 2.05) is 41.1 Å². The van der Waals surface area contributed by atoms with Gasteiger partial charge in [0.1, 0.15) is 5.82 Å². The summed E-state index contributed by atoms with van der Waals surface area (Å²) in [7, 11) is 0. The normalized spacial score (nSPS) is 14.0. The van der Waals surface area contributed by atoms with Crippen molar-refractivity contribution in [3.8, 4) is 11.3 Å². The van der Waals surface area contributed by atoms with E-state index in [2.05, 4.69) is 20.6 Å². The molecule has 1 saturated heterocycles. The molecule has 0 bridgehead atoms. The Morgan fingerprint density at radius 2 is 1.96 bits per heavy atom. The number of benzene rings is 1. The molecule has 0 radical (unpaired) electrons. The molecule has 2 aromatic heterocycles. The Kier molecular flexibility index (Phi) is 5.27. The fraction of sp³-hybridized carbons (Fsp3) is 0.211. The van der Waals surface area contributed by atoms with E-state index in [1.165, 1.54) is 0 Å². The maximum atomic E-state index is 12.3. The smallest absolute Gasteiger partial charge is 0.322 e. The van der Waals surface area contributed by atoms with Gasteiger partial charge in [-0.1, -0.05) is 6.07 Å². The molecule has 3 heterocycles. The lowest BCUT2D eigenvalue weighted by Gasteiger charge is -2.27. The van der Waals surface area contributed by atoms with Gasteiger partial charge in [-0.05, 0) is 29.6 Å². The molecule has 3 aromatic rings. The van der Waals surface area contributed by atoms with Gasteiger partial charge in [-0.2, -0.15) is 11.3 Å². The highest BCUT2D eigenvalue weighted by atomic mass is 32.1. The average Bonchev–Trinajstić information content (AvgIpc) is 3.24. The molecule has 27 heavy (non-hydrogen) atoms. The molecule has 0 unspecified atom stereocenters. The molecular weight excluding hydrogens is 362 g/mol. The molecular formula is C19H19N5O2S. The van der Waals surface area contributed by atoms with Crippen LogP contribution in [0.5, 0.6) is 0 Å². The van der Waals surface area contributed by atoms with E-state index in [-0.39, 0.29) is 6.03 Å². The second kappa shape index (κ2) is 8.15.